The summed E-state index contributed by atoms with van der Waals surface area (Å²) in [6.45, 7) is 4.56. The minimum Gasteiger partial charge on any atom is -0.486 e. The van der Waals surface area contributed by atoms with Gasteiger partial charge in [0.2, 0.25) is 0 Å². The summed E-state index contributed by atoms with van der Waals surface area (Å²) in [6.07, 6.45) is -0.482. The highest BCUT2D eigenvalue weighted by atomic mass is 35.5. The van der Waals surface area contributed by atoms with Crippen LogP contribution in [0.15, 0.2) is 42.5 Å². The third-order valence-corrected chi connectivity index (χ3v) is 3.83. The number of ether oxygens (including phenoxy) is 1. The van der Waals surface area contributed by atoms with Crippen LogP contribution in [-0.2, 0) is 13.2 Å². The quantitative estimate of drug-likeness (QED) is 0.770. The predicted octanol–water partition coefficient (Wildman–Crippen LogP) is 3.96. The van der Waals surface area contributed by atoms with Gasteiger partial charge >= 0.3 is 0 Å². The van der Waals surface area contributed by atoms with E-state index in [0.29, 0.717) is 18.2 Å². The molecule has 0 spiro atoms. The summed E-state index contributed by atoms with van der Waals surface area (Å²) >= 11 is 6.09. The van der Waals surface area contributed by atoms with Crippen LogP contribution in [0, 0.1) is 6.92 Å². The van der Waals surface area contributed by atoms with Gasteiger partial charge in [0.05, 0.1) is 23.7 Å². The number of rotatable bonds is 5. The Morgan fingerprint density at radius 2 is 2.09 bits per heavy atom. The van der Waals surface area contributed by atoms with Crippen molar-refractivity contribution in [2.24, 2.45) is 0 Å². The van der Waals surface area contributed by atoms with E-state index in [0.717, 1.165) is 28.2 Å². The summed E-state index contributed by atoms with van der Waals surface area (Å²) in [4.78, 5) is 4.61. The molecule has 3 rings (SSSR count). The Balaban J connectivity index is 1.92. The van der Waals surface area contributed by atoms with Crippen LogP contribution >= 0.6 is 11.6 Å². The van der Waals surface area contributed by atoms with Gasteiger partial charge in [-0.25, -0.2) is 4.98 Å². The Hall–Kier alpha value is -2.04. The van der Waals surface area contributed by atoms with Crippen molar-refractivity contribution < 1.29 is 9.84 Å². The molecule has 120 valence electrons. The van der Waals surface area contributed by atoms with Crippen molar-refractivity contribution in [2.75, 3.05) is 0 Å². The lowest BCUT2D eigenvalue weighted by Gasteiger charge is -2.12. The van der Waals surface area contributed by atoms with Crippen LogP contribution in [0.1, 0.15) is 18.3 Å². The predicted molar refractivity (Wildman–Crippen MR) is 91.9 cm³/mol. The van der Waals surface area contributed by atoms with Gasteiger partial charge in [-0.2, -0.15) is 0 Å². The zero-order valence-electron chi connectivity index (χ0n) is 13.2. The third kappa shape index (κ3) is 3.66. The zero-order valence-corrected chi connectivity index (χ0v) is 13.9. The lowest BCUT2D eigenvalue weighted by atomic mass is 10.2. The number of aryl methyl sites for hydroxylation is 1. The number of aliphatic hydroxyl groups excluding tert-OH is 1. The van der Waals surface area contributed by atoms with Gasteiger partial charge < -0.3 is 14.4 Å². The molecule has 0 radical (unpaired) electrons. The van der Waals surface area contributed by atoms with E-state index < -0.39 is 6.10 Å². The maximum Gasteiger partial charge on any atom is 0.148 e. The number of aliphatic hydroxyl groups is 1. The van der Waals surface area contributed by atoms with E-state index >= 15 is 0 Å². The van der Waals surface area contributed by atoms with Crippen molar-refractivity contribution in [3.63, 3.8) is 0 Å². The average Bonchev–Trinajstić information content (AvgIpc) is 2.82. The molecule has 1 unspecified atom stereocenters. The fraction of sp³-hybridized carbons (Fsp3) is 0.278. The number of benzene rings is 2. The first-order chi connectivity index (χ1) is 11.0. The summed E-state index contributed by atoms with van der Waals surface area (Å²) in [5.41, 5.74) is 2.89. The molecule has 0 bridgehead atoms. The van der Waals surface area contributed by atoms with Crippen LogP contribution in [0.2, 0.25) is 5.02 Å². The molecule has 4 nitrogen and oxygen atoms in total. The van der Waals surface area contributed by atoms with E-state index in [2.05, 4.69) is 4.98 Å². The number of hydrogen-bond donors (Lipinski definition) is 1. The smallest absolute Gasteiger partial charge is 0.148 e. The number of nitrogens with zero attached hydrogens (tertiary/aromatic N) is 2. The molecule has 1 aromatic heterocycles. The van der Waals surface area contributed by atoms with Gasteiger partial charge in [-0.15, -0.1) is 0 Å². The number of imidazole rings is 1. The summed E-state index contributed by atoms with van der Waals surface area (Å²) in [6, 6.07) is 13.5. The van der Waals surface area contributed by atoms with Gasteiger partial charge in [-0.3, -0.25) is 0 Å². The van der Waals surface area contributed by atoms with Crippen LogP contribution in [0.25, 0.3) is 11.0 Å². The van der Waals surface area contributed by atoms with Crippen molar-refractivity contribution in [1.29, 1.82) is 0 Å². The molecule has 5 heteroatoms. The highest BCUT2D eigenvalue weighted by Crippen LogP contribution is 2.22. The molecule has 1 N–H and O–H groups in total. The molecule has 23 heavy (non-hydrogen) atoms. The lowest BCUT2D eigenvalue weighted by molar-refractivity contribution is 0.171. The van der Waals surface area contributed by atoms with Crippen molar-refractivity contribution in [2.45, 2.75) is 33.1 Å². The maximum atomic E-state index is 9.78. The topological polar surface area (TPSA) is 47.3 Å². The first-order valence-corrected chi connectivity index (χ1v) is 7.93. The molecule has 0 aliphatic heterocycles. The molecule has 0 amide bonds. The number of halogens is 1. The lowest BCUT2D eigenvalue weighted by Crippen LogP contribution is -2.15. The molecule has 2 aromatic carbocycles. The van der Waals surface area contributed by atoms with Crippen LogP contribution in [-0.4, -0.2) is 20.8 Å². The van der Waals surface area contributed by atoms with Crippen molar-refractivity contribution in [3.05, 3.63) is 58.9 Å². The molecular formula is C18H19ClN2O2. The SMILES string of the molecule is Cc1cccc(OCc2nc3ccc(Cl)cc3n2CC(C)O)c1. The monoisotopic (exact) mass is 330 g/mol. The molecule has 3 aromatic rings. The highest BCUT2D eigenvalue weighted by Gasteiger charge is 2.13. The number of fused-ring (bicyclic) bond motifs is 1. The highest BCUT2D eigenvalue weighted by molar-refractivity contribution is 6.31. The van der Waals surface area contributed by atoms with Gasteiger partial charge in [0.25, 0.3) is 0 Å². The maximum absolute atomic E-state index is 9.78. The molecular weight excluding hydrogens is 312 g/mol. The minimum atomic E-state index is -0.482. The summed E-state index contributed by atoms with van der Waals surface area (Å²) in [7, 11) is 0. The van der Waals surface area contributed by atoms with Gasteiger partial charge in [0.15, 0.2) is 0 Å². The minimum absolute atomic E-state index is 0.336. The van der Waals surface area contributed by atoms with E-state index in [4.69, 9.17) is 16.3 Å². The largest absolute Gasteiger partial charge is 0.486 e. The van der Waals surface area contributed by atoms with E-state index in [1.807, 2.05) is 54.0 Å². The fourth-order valence-electron chi connectivity index (χ4n) is 2.58. The second-order valence-electron chi connectivity index (χ2n) is 5.73. The number of hydrogen-bond acceptors (Lipinski definition) is 3. The Kier molecular flexibility index (Phi) is 4.55. The Bertz CT molecular complexity index is 827. The summed E-state index contributed by atoms with van der Waals surface area (Å²) < 4.78 is 7.82. The van der Waals surface area contributed by atoms with E-state index in [9.17, 15) is 5.11 Å². The van der Waals surface area contributed by atoms with E-state index in [-0.39, 0.29) is 0 Å². The van der Waals surface area contributed by atoms with Crippen LogP contribution in [0.4, 0.5) is 0 Å². The number of aromatic nitrogens is 2. The van der Waals surface area contributed by atoms with Crippen LogP contribution < -0.4 is 4.74 Å². The zero-order chi connectivity index (χ0) is 16.4. The first-order valence-electron chi connectivity index (χ1n) is 7.55. The standard InChI is InChI=1S/C18H19ClN2O2/c1-12-4-3-5-15(8-12)23-11-18-20-16-7-6-14(19)9-17(16)21(18)10-13(2)22/h3-9,13,22H,10-11H2,1-2H3. The molecule has 0 fully saturated rings. The summed E-state index contributed by atoms with van der Waals surface area (Å²) in [5, 5.41) is 10.4. The summed E-state index contributed by atoms with van der Waals surface area (Å²) in [5.74, 6) is 1.57. The Morgan fingerprint density at radius 3 is 2.83 bits per heavy atom. The van der Waals surface area contributed by atoms with Crippen molar-refractivity contribution >= 4 is 22.6 Å². The molecule has 1 atom stereocenters. The molecule has 0 saturated carbocycles. The van der Waals surface area contributed by atoms with Gasteiger partial charge in [0, 0.05) is 5.02 Å². The van der Waals surface area contributed by atoms with Crippen molar-refractivity contribution in [1.82, 2.24) is 9.55 Å². The van der Waals surface area contributed by atoms with Gasteiger partial charge in [-0.05, 0) is 49.7 Å². The van der Waals surface area contributed by atoms with Crippen molar-refractivity contribution in [3.8, 4) is 5.75 Å². The second kappa shape index (κ2) is 6.60. The van der Waals surface area contributed by atoms with Gasteiger partial charge in [0.1, 0.15) is 18.2 Å². The third-order valence-electron chi connectivity index (χ3n) is 3.59. The fourth-order valence-corrected chi connectivity index (χ4v) is 2.74. The molecule has 0 saturated heterocycles. The molecule has 0 aliphatic rings. The van der Waals surface area contributed by atoms with Crippen LogP contribution in [0.5, 0.6) is 5.75 Å². The van der Waals surface area contributed by atoms with Crippen LogP contribution in [0.3, 0.4) is 0 Å². The molecule has 0 aliphatic carbocycles. The Morgan fingerprint density at radius 1 is 1.26 bits per heavy atom. The van der Waals surface area contributed by atoms with E-state index in [1.165, 1.54) is 0 Å². The average molecular weight is 331 g/mol. The first kappa shape index (κ1) is 15.8. The Labute approximate surface area is 140 Å². The normalized spacial score (nSPS) is 12.5. The van der Waals surface area contributed by atoms with E-state index in [1.54, 1.807) is 6.92 Å². The van der Waals surface area contributed by atoms with Gasteiger partial charge in [-0.1, -0.05) is 23.7 Å². The molecule has 1 heterocycles. The second-order valence-corrected chi connectivity index (χ2v) is 6.16.